The third-order valence-electron chi connectivity index (χ3n) is 1.75. The van der Waals surface area contributed by atoms with Gasteiger partial charge in [0, 0.05) is 6.54 Å². The average Bonchev–Trinajstić information content (AvgIpc) is 2.33. The lowest BCUT2D eigenvalue weighted by atomic mass is 10.5. The number of ether oxygens (including phenoxy) is 2. The first-order valence-corrected chi connectivity index (χ1v) is 5.46. The van der Waals surface area contributed by atoms with Crippen LogP contribution < -0.4 is 14.8 Å². The van der Waals surface area contributed by atoms with Crippen LogP contribution >= 0.6 is 0 Å². The van der Waals surface area contributed by atoms with Crippen molar-refractivity contribution in [2.75, 3.05) is 25.6 Å². The summed E-state index contributed by atoms with van der Waals surface area (Å²) in [5.41, 5.74) is 0. The van der Waals surface area contributed by atoms with E-state index < -0.39 is 0 Å². The molecule has 0 spiro atoms. The average molecular weight is 226 g/mol. The van der Waals surface area contributed by atoms with E-state index in [-0.39, 0.29) is 6.01 Å². The van der Waals surface area contributed by atoms with Crippen molar-refractivity contribution in [1.29, 1.82) is 0 Å². The fourth-order valence-corrected chi connectivity index (χ4v) is 1.00. The maximum absolute atomic E-state index is 5.34. The highest BCUT2D eigenvalue weighted by Gasteiger charge is 2.06. The van der Waals surface area contributed by atoms with Gasteiger partial charge in [0.25, 0.3) is 0 Å². The van der Waals surface area contributed by atoms with Gasteiger partial charge >= 0.3 is 12.0 Å². The number of hydrogen-bond acceptors (Lipinski definition) is 6. The molecule has 1 heterocycles. The zero-order valence-electron chi connectivity index (χ0n) is 9.99. The molecule has 0 aliphatic heterocycles. The van der Waals surface area contributed by atoms with Gasteiger partial charge < -0.3 is 14.8 Å². The Hall–Kier alpha value is -1.59. The van der Waals surface area contributed by atoms with E-state index in [2.05, 4.69) is 27.2 Å². The molecule has 0 aliphatic carbocycles. The van der Waals surface area contributed by atoms with Crippen LogP contribution in [0, 0.1) is 0 Å². The van der Waals surface area contributed by atoms with Crippen molar-refractivity contribution >= 4 is 5.95 Å². The number of aromatic nitrogens is 3. The highest BCUT2D eigenvalue weighted by molar-refractivity contribution is 5.27. The van der Waals surface area contributed by atoms with Crippen molar-refractivity contribution in [3.63, 3.8) is 0 Å². The van der Waals surface area contributed by atoms with E-state index in [9.17, 15) is 0 Å². The summed E-state index contributed by atoms with van der Waals surface area (Å²) in [4.78, 5) is 12.2. The first-order valence-electron chi connectivity index (χ1n) is 5.46. The molecule has 0 saturated carbocycles. The van der Waals surface area contributed by atoms with Crippen LogP contribution in [0.2, 0.25) is 0 Å². The lowest BCUT2D eigenvalue weighted by Gasteiger charge is -2.07. The van der Waals surface area contributed by atoms with Crippen molar-refractivity contribution in [2.45, 2.75) is 26.7 Å². The Bertz CT molecular complexity index is 293. The molecule has 0 fully saturated rings. The molecule has 0 atom stereocenters. The second kappa shape index (κ2) is 6.81. The third kappa shape index (κ3) is 3.88. The number of nitrogens with one attached hydrogen (secondary N) is 1. The number of hydrogen-bond donors (Lipinski definition) is 1. The molecule has 16 heavy (non-hydrogen) atoms. The van der Waals surface area contributed by atoms with Gasteiger partial charge in [-0.25, -0.2) is 0 Å². The van der Waals surface area contributed by atoms with E-state index in [1.807, 2.05) is 6.92 Å². The van der Waals surface area contributed by atoms with Gasteiger partial charge in [0.05, 0.1) is 13.7 Å². The molecular weight excluding hydrogens is 208 g/mol. The molecule has 1 aromatic rings. The summed E-state index contributed by atoms with van der Waals surface area (Å²) in [7, 11) is 1.52. The maximum atomic E-state index is 5.34. The van der Waals surface area contributed by atoms with Crippen LogP contribution in [0.15, 0.2) is 0 Å². The molecule has 0 bridgehead atoms. The number of nitrogens with zero attached hydrogens (tertiary/aromatic N) is 3. The highest BCUT2D eigenvalue weighted by atomic mass is 16.5. The van der Waals surface area contributed by atoms with E-state index >= 15 is 0 Å². The lowest BCUT2D eigenvalue weighted by Crippen LogP contribution is -2.09. The summed E-state index contributed by atoms with van der Waals surface area (Å²) in [5.74, 6) is 0.486. The minimum absolute atomic E-state index is 0.264. The van der Waals surface area contributed by atoms with Gasteiger partial charge in [-0.05, 0) is 12.8 Å². The summed E-state index contributed by atoms with van der Waals surface area (Å²) in [6.07, 6.45) is 1.91. The van der Waals surface area contributed by atoms with Crippen molar-refractivity contribution in [1.82, 2.24) is 15.0 Å². The zero-order chi connectivity index (χ0) is 11.8. The Labute approximate surface area is 95.4 Å². The highest BCUT2D eigenvalue weighted by Crippen LogP contribution is 2.12. The Kier molecular flexibility index (Phi) is 5.31. The minimum atomic E-state index is 0.264. The number of rotatable bonds is 7. The Morgan fingerprint density at radius 2 is 1.81 bits per heavy atom. The van der Waals surface area contributed by atoms with Crippen LogP contribution in [0.4, 0.5) is 5.95 Å². The van der Waals surface area contributed by atoms with Gasteiger partial charge in [-0.2, -0.15) is 9.97 Å². The molecule has 1 N–H and O–H groups in total. The van der Waals surface area contributed by atoms with E-state index in [4.69, 9.17) is 9.47 Å². The van der Waals surface area contributed by atoms with Crippen molar-refractivity contribution in [3.8, 4) is 12.0 Å². The fraction of sp³-hybridized carbons (Fsp3) is 0.700. The summed E-state index contributed by atoms with van der Waals surface area (Å²) in [6.45, 7) is 5.48. The van der Waals surface area contributed by atoms with E-state index in [0.29, 0.717) is 18.6 Å². The van der Waals surface area contributed by atoms with Gasteiger partial charge in [-0.3, -0.25) is 0 Å². The summed E-state index contributed by atoms with van der Waals surface area (Å²) >= 11 is 0. The van der Waals surface area contributed by atoms with Gasteiger partial charge in [-0.1, -0.05) is 13.8 Å². The summed E-state index contributed by atoms with van der Waals surface area (Å²) in [5, 5.41) is 3.06. The van der Waals surface area contributed by atoms with Crippen LogP contribution in [0.1, 0.15) is 26.7 Å². The largest absolute Gasteiger partial charge is 0.467 e. The van der Waals surface area contributed by atoms with Crippen LogP contribution in [0.5, 0.6) is 12.0 Å². The summed E-state index contributed by atoms with van der Waals surface area (Å²) < 4.78 is 10.3. The Morgan fingerprint density at radius 1 is 1.06 bits per heavy atom. The number of methoxy groups -OCH3 is 1. The summed E-state index contributed by atoms with van der Waals surface area (Å²) in [6, 6.07) is 0.562. The van der Waals surface area contributed by atoms with Gasteiger partial charge in [-0.15, -0.1) is 4.98 Å². The molecule has 0 amide bonds. The fourth-order valence-electron chi connectivity index (χ4n) is 1.00. The topological polar surface area (TPSA) is 69.2 Å². The van der Waals surface area contributed by atoms with Gasteiger partial charge in [0.15, 0.2) is 0 Å². The molecule has 0 aliphatic rings. The monoisotopic (exact) mass is 226 g/mol. The molecule has 1 rings (SSSR count). The third-order valence-corrected chi connectivity index (χ3v) is 1.75. The van der Waals surface area contributed by atoms with Crippen molar-refractivity contribution in [2.24, 2.45) is 0 Å². The normalized spacial score (nSPS) is 9.94. The standard InChI is InChI=1S/C10H18N4O2/c1-4-6-11-8-12-9(15-3)14-10(13-8)16-7-5-2/h4-7H2,1-3H3,(H,11,12,13,14). The molecule has 6 nitrogen and oxygen atoms in total. The Balaban J connectivity index is 2.74. The second-order valence-corrected chi connectivity index (χ2v) is 3.20. The molecule has 90 valence electrons. The molecular formula is C10H18N4O2. The van der Waals surface area contributed by atoms with Crippen LogP contribution in [0.3, 0.4) is 0 Å². The zero-order valence-corrected chi connectivity index (χ0v) is 9.99. The lowest BCUT2D eigenvalue weighted by molar-refractivity contribution is 0.281. The molecule has 1 aromatic heterocycles. The van der Waals surface area contributed by atoms with E-state index in [1.165, 1.54) is 7.11 Å². The smallest absolute Gasteiger partial charge is 0.324 e. The minimum Gasteiger partial charge on any atom is -0.467 e. The number of anilines is 1. The second-order valence-electron chi connectivity index (χ2n) is 3.20. The van der Waals surface area contributed by atoms with Gasteiger partial charge in [0.1, 0.15) is 0 Å². The van der Waals surface area contributed by atoms with Gasteiger partial charge in [0.2, 0.25) is 5.95 Å². The molecule has 0 saturated heterocycles. The van der Waals surface area contributed by atoms with Crippen LogP contribution in [-0.4, -0.2) is 35.2 Å². The predicted octanol–water partition coefficient (Wildman–Crippen LogP) is 1.49. The maximum Gasteiger partial charge on any atom is 0.324 e. The van der Waals surface area contributed by atoms with Crippen molar-refractivity contribution in [3.05, 3.63) is 0 Å². The van der Waals surface area contributed by atoms with Crippen molar-refractivity contribution < 1.29 is 9.47 Å². The molecule has 0 radical (unpaired) electrons. The predicted molar refractivity (Wildman–Crippen MR) is 60.9 cm³/mol. The molecule has 0 unspecified atom stereocenters. The van der Waals surface area contributed by atoms with E-state index in [0.717, 1.165) is 19.4 Å². The SMILES string of the molecule is CCCNc1nc(OC)nc(OCCC)n1. The van der Waals surface area contributed by atoms with Crippen LogP contribution in [0.25, 0.3) is 0 Å². The molecule has 0 aromatic carbocycles. The Morgan fingerprint density at radius 3 is 2.44 bits per heavy atom. The van der Waals surface area contributed by atoms with Crippen LogP contribution in [-0.2, 0) is 0 Å². The first-order chi connectivity index (χ1) is 7.80. The van der Waals surface area contributed by atoms with E-state index in [1.54, 1.807) is 0 Å². The quantitative estimate of drug-likeness (QED) is 0.759. The first kappa shape index (κ1) is 12.5. The molecule has 6 heteroatoms.